The maximum absolute atomic E-state index is 15.8. The third kappa shape index (κ3) is 8.97. The molecule has 0 saturated carbocycles. The first-order valence-corrected chi connectivity index (χ1v) is 20.2. The summed E-state index contributed by atoms with van der Waals surface area (Å²) in [5.74, 6) is -3.96. The van der Waals surface area contributed by atoms with Gasteiger partial charge in [-0.05, 0) is 62.1 Å². The Morgan fingerprint density at radius 3 is 2.36 bits per heavy atom. The van der Waals surface area contributed by atoms with Gasteiger partial charge in [-0.15, -0.1) is 0 Å². The Morgan fingerprint density at radius 2 is 1.76 bits per heavy atom. The van der Waals surface area contributed by atoms with Gasteiger partial charge in [-0.3, -0.25) is 24.4 Å². The number of hydrogen-bond donors (Lipinski definition) is 5. The lowest BCUT2D eigenvalue weighted by molar-refractivity contribution is -0.122. The lowest BCUT2D eigenvalue weighted by Crippen LogP contribution is -2.41. The highest BCUT2D eigenvalue weighted by atomic mass is 35.5. The fourth-order valence-corrected chi connectivity index (χ4v) is 7.74. The third-order valence-electron chi connectivity index (χ3n) is 9.54. The molecule has 6 rings (SSSR count). The minimum absolute atomic E-state index is 0.0692. The SMILES string of the molecule is CN(C)C(=O)C(=N)C1=C(NCC(=O)NC(Cc2cc(F)cc(F)c2)c2nc(C#CC(C)(C)O)ccc2-c2ccc(Cl)c3c(NS(C)(=O)=O)nn(C)c23)C(F)(F)[C@@H]2C=C[C@H]12. The van der Waals surface area contributed by atoms with Crippen molar-refractivity contribution in [1.29, 1.82) is 5.41 Å². The first-order valence-electron chi connectivity index (χ1n) is 17.9. The molecule has 1 unspecified atom stereocenters. The average molecular weight is 855 g/mol. The van der Waals surface area contributed by atoms with Crippen LogP contribution in [-0.4, -0.2) is 89.1 Å². The van der Waals surface area contributed by atoms with Gasteiger partial charge >= 0.3 is 0 Å². The summed E-state index contributed by atoms with van der Waals surface area (Å²) in [5.41, 5.74) is -1.84. The van der Waals surface area contributed by atoms with Crippen molar-refractivity contribution < 1.29 is 40.7 Å². The van der Waals surface area contributed by atoms with Gasteiger partial charge in [0.1, 0.15) is 28.6 Å². The highest BCUT2D eigenvalue weighted by molar-refractivity contribution is 7.92. The van der Waals surface area contributed by atoms with Gasteiger partial charge in [0.05, 0.1) is 52.1 Å². The number of hydrogen-bond acceptors (Lipinski definition) is 9. The molecule has 2 aromatic heterocycles. The second kappa shape index (κ2) is 15.8. The van der Waals surface area contributed by atoms with E-state index in [-0.39, 0.29) is 45.2 Å². The molecule has 4 aromatic rings. The van der Waals surface area contributed by atoms with Crippen molar-refractivity contribution in [2.24, 2.45) is 18.9 Å². The van der Waals surface area contributed by atoms with Crippen LogP contribution in [0.25, 0.3) is 22.0 Å². The van der Waals surface area contributed by atoms with E-state index in [1.165, 1.54) is 56.9 Å². The van der Waals surface area contributed by atoms with Crippen LogP contribution in [0, 0.1) is 40.7 Å². The fourth-order valence-electron chi connectivity index (χ4n) is 7.00. The van der Waals surface area contributed by atoms with Crippen molar-refractivity contribution in [3.8, 4) is 23.0 Å². The summed E-state index contributed by atoms with van der Waals surface area (Å²) in [6.07, 6.45) is 3.38. The van der Waals surface area contributed by atoms with E-state index in [0.717, 1.165) is 23.3 Å². The number of carbonyl (C=O) groups is 2. The van der Waals surface area contributed by atoms with Gasteiger partial charge < -0.3 is 20.6 Å². The van der Waals surface area contributed by atoms with E-state index in [1.807, 2.05) is 0 Å². The number of sulfonamides is 1. The first-order chi connectivity index (χ1) is 27.4. The molecule has 2 aromatic carbocycles. The predicted octanol–water partition coefficient (Wildman–Crippen LogP) is 4.86. The molecule has 59 heavy (non-hydrogen) atoms. The van der Waals surface area contributed by atoms with Gasteiger partial charge in [0, 0.05) is 49.8 Å². The maximum Gasteiger partial charge on any atom is 0.294 e. The van der Waals surface area contributed by atoms with Gasteiger partial charge in [0.25, 0.3) is 11.8 Å². The summed E-state index contributed by atoms with van der Waals surface area (Å²) in [6, 6.07) is 7.71. The van der Waals surface area contributed by atoms with Crippen LogP contribution in [0.1, 0.15) is 36.8 Å². The number of benzene rings is 2. The molecule has 310 valence electrons. The molecule has 2 amide bonds. The first kappa shape index (κ1) is 42.8. The molecular formula is C40H39ClF4N8O5S. The molecule has 5 N–H and O–H groups in total. The molecule has 0 radical (unpaired) electrons. The summed E-state index contributed by atoms with van der Waals surface area (Å²) in [4.78, 5) is 32.5. The number of nitrogens with one attached hydrogen (secondary N) is 4. The molecule has 2 aliphatic carbocycles. The molecule has 19 heteroatoms. The Kier molecular flexibility index (Phi) is 11.4. The van der Waals surface area contributed by atoms with Crippen LogP contribution in [0.4, 0.5) is 23.4 Å². The summed E-state index contributed by atoms with van der Waals surface area (Å²) in [6.45, 7) is 2.12. The number of halogens is 5. The smallest absolute Gasteiger partial charge is 0.294 e. The third-order valence-corrected chi connectivity index (χ3v) is 10.4. The average Bonchev–Trinajstić information content (AvgIpc) is 3.49. The standard InChI is InChI=1S/C40H39ClF4N8O5S/c1-39(2,56)14-13-23-7-8-24(25-10-12-28(41)32-35(25)53(5)50-37(32)51-59(6,57)58)34(48-23)29(17-20-15-21(42)18-22(43)16-20)49-30(54)19-47-36-31(33(46)38(55)52(3)4)26-9-11-27(26)40(36,44)45/h7-12,15-16,18,26-27,29,46-47,56H,17,19H2,1-6H3,(H,49,54)(H,50,51)/t26-,27+,29?/m0/s1. The number of carbonyl (C=O) groups excluding carboxylic acids is 2. The summed E-state index contributed by atoms with van der Waals surface area (Å²) < 4.78 is 88.9. The van der Waals surface area contributed by atoms with Crippen LogP contribution in [-0.2, 0) is 33.1 Å². The van der Waals surface area contributed by atoms with E-state index in [4.69, 9.17) is 22.0 Å². The topological polar surface area (TPSA) is 182 Å². The van der Waals surface area contributed by atoms with Crippen molar-refractivity contribution >= 4 is 55.9 Å². The molecule has 13 nitrogen and oxygen atoms in total. The van der Waals surface area contributed by atoms with Crippen LogP contribution in [0.5, 0.6) is 0 Å². The Labute approximate surface area is 342 Å². The number of allylic oxidation sites excluding steroid dienone is 3. The monoisotopic (exact) mass is 854 g/mol. The van der Waals surface area contributed by atoms with Crippen molar-refractivity contribution in [2.45, 2.75) is 37.8 Å². The Balaban J connectivity index is 1.48. The molecular weight excluding hydrogens is 816 g/mol. The van der Waals surface area contributed by atoms with Gasteiger partial charge in [0.2, 0.25) is 15.9 Å². The van der Waals surface area contributed by atoms with Crippen LogP contribution >= 0.6 is 11.6 Å². The number of rotatable bonds is 12. The maximum atomic E-state index is 15.8. The van der Waals surface area contributed by atoms with Crippen molar-refractivity contribution in [3.63, 3.8) is 0 Å². The van der Waals surface area contributed by atoms with E-state index in [9.17, 15) is 31.9 Å². The van der Waals surface area contributed by atoms with E-state index >= 15 is 8.78 Å². The van der Waals surface area contributed by atoms with Crippen LogP contribution in [0.2, 0.25) is 5.02 Å². The fraction of sp³-hybridized carbons (Fsp3) is 0.325. The molecule has 2 aliphatic rings. The van der Waals surface area contributed by atoms with Gasteiger partial charge in [-0.2, -0.15) is 13.9 Å². The van der Waals surface area contributed by atoms with Crippen molar-refractivity contribution in [2.75, 3.05) is 31.6 Å². The number of aromatic nitrogens is 3. The Hall–Kier alpha value is -5.77. The normalized spacial score (nSPS) is 17.4. The number of nitrogens with zero attached hydrogens (tertiary/aromatic N) is 4. The Morgan fingerprint density at radius 1 is 1.10 bits per heavy atom. The number of fused-ring (bicyclic) bond motifs is 2. The van der Waals surface area contributed by atoms with E-state index in [2.05, 4.69) is 32.3 Å². The molecule has 0 aliphatic heterocycles. The van der Waals surface area contributed by atoms with Gasteiger partial charge in [-0.25, -0.2) is 22.2 Å². The molecule has 0 spiro atoms. The second-order valence-electron chi connectivity index (χ2n) is 15.0. The minimum atomic E-state index is -3.82. The zero-order valence-electron chi connectivity index (χ0n) is 32.5. The Bertz CT molecular complexity index is 2640. The summed E-state index contributed by atoms with van der Waals surface area (Å²) in [7, 11) is 0.485. The van der Waals surface area contributed by atoms with E-state index < -0.39 is 80.8 Å². The molecule has 3 atom stereocenters. The van der Waals surface area contributed by atoms with Crippen LogP contribution in [0.3, 0.4) is 0 Å². The quantitative estimate of drug-likeness (QED) is 0.0580. The van der Waals surface area contributed by atoms with Gasteiger partial charge in [0.15, 0.2) is 5.82 Å². The molecule has 0 saturated heterocycles. The molecule has 2 heterocycles. The van der Waals surface area contributed by atoms with Crippen LogP contribution in [0.15, 0.2) is 65.9 Å². The minimum Gasteiger partial charge on any atom is -0.378 e. The number of alkyl halides is 2. The second-order valence-corrected chi connectivity index (χ2v) is 17.1. The lowest BCUT2D eigenvalue weighted by atomic mass is 9.79. The number of aryl methyl sites for hydroxylation is 1. The van der Waals surface area contributed by atoms with Crippen molar-refractivity contribution in [1.82, 2.24) is 30.3 Å². The lowest BCUT2D eigenvalue weighted by Gasteiger charge is -2.28. The predicted molar refractivity (Wildman–Crippen MR) is 214 cm³/mol. The largest absolute Gasteiger partial charge is 0.378 e. The van der Waals surface area contributed by atoms with E-state index in [1.54, 1.807) is 19.2 Å². The number of pyridine rings is 1. The highest BCUT2D eigenvalue weighted by Crippen LogP contribution is 2.53. The highest BCUT2D eigenvalue weighted by Gasteiger charge is 2.58. The zero-order chi connectivity index (χ0) is 43.4. The number of aliphatic hydroxyl groups is 1. The number of anilines is 1. The van der Waals surface area contributed by atoms with Crippen molar-refractivity contribution in [3.05, 3.63) is 99.5 Å². The molecule has 0 fully saturated rings. The van der Waals surface area contributed by atoms with Crippen LogP contribution < -0.4 is 15.4 Å². The molecule has 0 bridgehead atoms. The number of amides is 2. The van der Waals surface area contributed by atoms with Gasteiger partial charge in [-0.1, -0.05) is 35.7 Å². The summed E-state index contributed by atoms with van der Waals surface area (Å²) >= 11 is 6.60. The summed E-state index contributed by atoms with van der Waals surface area (Å²) in [5, 5.41) is 28.8. The zero-order valence-corrected chi connectivity index (χ0v) is 34.1. The van der Waals surface area contributed by atoms with E-state index in [0.29, 0.717) is 22.7 Å².